The third-order valence-corrected chi connectivity index (χ3v) is 2.36. The minimum absolute atomic E-state index is 0. The predicted molar refractivity (Wildman–Crippen MR) is 48.1 cm³/mol. The van der Waals surface area contributed by atoms with Crippen LogP contribution in [0, 0.1) is 5.92 Å². The van der Waals surface area contributed by atoms with Gasteiger partial charge in [0.05, 0.1) is 0 Å². The van der Waals surface area contributed by atoms with E-state index >= 15 is 0 Å². The summed E-state index contributed by atoms with van der Waals surface area (Å²) in [6, 6.07) is 0. The van der Waals surface area contributed by atoms with Gasteiger partial charge < -0.3 is 5.32 Å². The molecule has 0 spiro atoms. The van der Waals surface area contributed by atoms with E-state index in [1.54, 1.807) is 7.05 Å². The lowest BCUT2D eigenvalue weighted by Crippen LogP contribution is -2.37. The van der Waals surface area contributed by atoms with Crippen LogP contribution in [-0.4, -0.2) is 19.5 Å². The van der Waals surface area contributed by atoms with E-state index in [1.165, 1.54) is 0 Å². The van der Waals surface area contributed by atoms with E-state index in [2.05, 4.69) is 5.32 Å². The normalized spacial score (nSPS) is 27.8. The molecule has 12 heavy (non-hydrogen) atoms. The van der Waals surface area contributed by atoms with Gasteiger partial charge in [-0.15, -0.1) is 12.4 Å². The molecule has 4 heteroatoms. The van der Waals surface area contributed by atoms with Gasteiger partial charge in [-0.1, -0.05) is 6.42 Å². The van der Waals surface area contributed by atoms with Gasteiger partial charge in [0.15, 0.2) is 0 Å². The summed E-state index contributed by atoms with van der Waals surface area (Å²) in [6.07, 6.45) is 2.41. The van der Waals surface area contributed by atoms with Crippen molar-refractivity contribution in [3.05, 3.63) is 0 Å². The first-order valence-electron chi connectivity index (χ1n) is 4.19. The Hall–Kier alpha value is 0.110. The van der Waals surface area contributed by atoms with Gasteiger partial charge in [0.1, 0.15) is 0 Å². The fraction of sp³-hybridized carbons (Fsp3) is 1.00. The third-order valence-electron chi connectivity index (χ3n) is 2.36. The van der Waals surface area contributed by atoms with E-state index in [-0.39, 0.29) is 18.8 Å². The Bertz CT molecular complexity index is 128. The van der Waals surface area contributed by atoms with Gasteiger partial charge in [-0.2, -0.15) is 0 Å². The molecule has 1 rings (SSSR count). The molecule has 1 unspecified atom stereocenters. The molecule has 0 radical (unpaired) electrons. The van der Waals surface area contributed by atoms with Crippen LogP contribution in [0.3, 0.4) is 0 Å². The Labute approximate surface area is 78.3 Å². The minimum Gasteiger partial charge on any atom is -0.319 e. The molecule has 0 aromatic rings. The van der Waals surface area contributed by atoms with Crippen molar-refractivity contribution in [1.29, 1.82) is 0 Å². The molecule has 0 saturated heterocycles. The highest BCUT2D eigenvalue weighted by atomic mass is 35.5. The van der Waals surface area contributed by atoms with Crippen molar-refractivity contribution < 1.29 is 8.78 Å². The summed E-state index contributed by atoms with van der Waals surface area (Å²) >= 11 is 0. The van der Waals surface area contributed by atoms with Gasteiger partial charge in [0, 0.05) is 18.9 Å². The number of alkyl halides is 2. The highest BCUT2D eigenvalue weighted by Gasteiger charge is 2.40. The highest BCUT2D eigenvalue weighted by molar-refractivity contribution is 5.85. The van der Waals surface area contributed by atoms with Crippen molar-refractivity contribution in [1.82, 2.24) is 5.32 Å². The zero-order chi connectivity index (χ0) is 8.32. The lowest BCUT2D eigenvalue weighted by Gasteiger charge is -2.30. The summed E-state index contributed by atoms with van der Waals surface area (Å²) in [6.45, 7) is 0.451. The Kier molecular flexibility index (Phi) is 5.02. The molecule has 1 aliphatic carbocycles. The van der Waals surface area contributed by atoms with Crippen LogP contribution in [0.15, 0.2) is 0 Å². The second kappa shape index (κ2) is 4.97. The second-order valence-corrected chi connectivity index (χ2v) is 3.26. The van der Waals surface area contributed by atoms with Crippen LogP contribution in [0.25, 0.3) is 0 Å². The monoisotopic (exact) mass is 199 g/mol. The van der Waals surface area contributed by atoms with E-state index in [9.17, 15) is 8.78 Å². The van der Waals surface area contributed by atoms with Crippen molar-refractivity contribution in [2.24, 2.45) is 5.92 Å². The molecule has 0 amide bonds. The van der Waals surface area contributed by atoms with Crippen LogP contribution in [0.1, 0.15) is 25.7 Å². The molecule has 0 aliphatic heterocycles. The molecular weight excluding hydrogens is 184 g/mol. The van der Waals surface area contributed by atoms with Gasteiger partial charge in [-0.25, -0.2) is 8.78 Å². The molecule has 1 N–H and O–H groups in total. The number of hydrogen-bond acceptors (Lipinski definition) is 1. The van der Waals surface area contributed by atoms with E-state index in [4.69, 9.17) is 0 Å². The van der Waals surface area contributed by atoms with E-state index in [1.807, 2.05) is 0 Å². The number of hydrogen-bond donors (Lipinski definition) is 1. The molecule has 0 bridgehead atoms. The Morgan fingerprint density at radius 3 is 2.58 bits per heavy atom. The van der Waals surface area contributed by atoms with Gasteiger partial charge in [0.25, 0.3) is 5.92 Å². The molecule has 1 saturated carbocycles. The standard InChI is InChI=1S/C8H15F2N.ClH/c1-11-6-7-4-2-3-5-8(7,9)10;/h7,11H,2-6H2,1H3;1H. The van der Waals surface area contributed by atoms with Gasteiger partial charge >= 0.3 is 0 Å². The highest BCUT2D eigenvalue weighted by Crippen LogP contribution is 2.37. The van der Waals surface area contributed by atoms with E-state index in [0.29, 0.717) is 19.4 Å². The summed E-state index contributed by atoms with van der Waals surface area (Å²) in [5.41, 5.74) is 0. The first-order chi connectivity index (χ1) is 5.17. The van der Waals surface area contributed by atoms with Crippen LogP contribution in [0.5, 0.6) is 0 Å². The fourth-order valence-electron chi connectivity index (χ4n) is 1.66. The van der Waals surface area contributed by atoms with Gasteiger partial charge in [-0.3, -0.25) is 0 Å². The molecule has 0 heterocycles. The third kappa shape index (κ3) is 2.87. The smallest absolute Gasteiger partial charge is 0.252 e. The average Bonchev–Trinajstić information content (AvgIpc) is 1.94. The topological polar surface area (TPSA) is 12.0 Å². The summed E-state index contributed by atoms with van der Waals surface area (Å²) in [7, 11) is 1.73. The summed E-state index contributed by atoms with van der Waals surface area (Å²) in [5.74, 6) is -2.84. The number of nitrogens with one attached hydrogen (secondary N) is 1. The number of rotatable bonds is 2. The van der Waals surface area contributed by atoms with Crippen molar-refractivity contribution in [3.8, 4) is 0 Å². The Balaban J connectivity index is 0.00000121. The first-order valence-corrected chi connectivity index (χ1v) is 4.19. The maximum absolute atomic E-state index is 13.0. The van der Waals surface area contributed by atoms with Gasteiger partial charge in [-0.05, 0) is 19.9 Å². The molecule has 1 atom stereocenters. The predicted octanol–water partition coefficient (Wildman–Crippen LogP) is 2.45. The first kappa shape index (κ1) is 12.1. The molecule has 1 aliphatic rings. The van der Waals surface area contributed by atoms with Gasteiger partial charge in [0.2, 0.25) is 0 Å². The summed E-state index contributed by atoms with van der Waals surface area (Å²) < 4.78 is 26.0. The zero-order valence-electron chi connectivity index (χ0n) is 7.28. The SMILES string of the molecule is CNCC1CCCCC1(F)F.Cl. The lowest BCUT2D eigenvalue weighted by atomic mass is 9.85. The van der Waals surface area contributed by atoms with Crippen molar-refractivity contribution in [2.45, 2.75) is 31.6 Å². The molecule has 74 valence electrons. The molecular formula is C8H16ClF2N. The maximum Gasteiger partial charge on any atom is 0.252 e. The van der Waals surface area contributed by atoms with Crippen LogP contribution < -0.4 is 5.32 Å². The van der Waals surface area contributed by atoms with Crippen LogP contribution in [0.2, 0.25) is 0 Å². The molecule has 0 aromatic carbocycles. The van der Waals surface area contributed by atoms with Crippen molar-refractivity contribution >= 4 is 12.4 Å². The molecule has 1 nitrogen and oxygen atoms in total. The molecule has 0 aromatic heterocycles. The van der Waals surface area contributed by atoms with Crippen molar-refractivity contribution in [2.75, 3.05) is 13.6 Å². The summed E-state index contributed by atoms with van der Waals surface area (Å²) in [4.78, 5) is 0. The average molecular weight is 200 g/mol. The van der Waals surface area contributed by atoms with Crippen molar-refractivity contribution in [3.63, 3.8) is 0 Å². The van der Waals surface area contributed by atoms with E-state index in [0.717, 1.165) is 6.42 Å². The van der Waals surface area contributed by atoms with E-state index < -0.39 is 11.8 Å². The molecule has 1 fully saturated rings. The second-order valence-electron chi connectivity index (χ2n) is 3.26. The Morgan fingerprint density at radius 1 is 1.42 bits per heavy atom. The quantitative estimate of drug-likeness (QED) is 0.721. The van der Waals surface area contributed by atoms with Crippen LogP contribution in [-0.2, 0) is 0 Å². The lowest BCUT2D eigenvalue weighted by molar-refractivity contribution is -0.0837. The Morgan fingerprint density at radius 2 is 2.08 bits per heavy atom. The largest absolute Gasteiger partial charge is 0.319 e. The van der Waals surface area contributed by atoms with Crippen LogP contribution in [0.4, 0.5) is 8.78 Å². The fourth-order valence-corrected chi connectivity index (χ4v) is 1.66. The maximum atomic E-state index is 13.0. The summed E-state index contributed by atoms with van der Waals surface area (Å²) in [5, 5.41) is 2.81. The number of halogens is 3. The minimum atomic E-state index is -2.42. The van der Waals surface area contributed by atoms with Crippen LogP contribution >= 0.6 is 12.4 Å². The zero-order valence-corrected chi connectivity index (χ0v) is 8.09.